The summed E-state index contributed by atoms with van der Waals surface area (Å²) in [5, 5.41) is 0. The molecule has 1 saturated carbocycles. The molecule has 0 radical (unpaired) electrons. The molecule has 1 unspecified atom stereocenters. The van der Waals surface area contributed by atoms with Crippen LogP contribution in [0.25, 0.3) is 0 Å². The summed E-state index contributed by atoms with van der Waals surface area (Å²) in [6, 6.07) is 0. The summed E-state index contributed by atoms with van der Waals surface area (Å²) in [4.78, 5) is 0. The average Bonchev–Trinajstić information content (AvgIpc) is 2.04. The number of halogens is 1. The Labute approximate surface area is 91.6 Å². The highest BCUT2D eigenvalue weighted by Gasteiger charge is 2.29. The van der Waals surface area contributed by atoms with E-state index in [2.05, 4.69) is 29.8 Å². The van der Waals surface area contributed by atoms with Gasteiger partial charge >= 0.3 is 0 Å². The van der Waals surface area contributed by atoms with Crippen molar-refractivity contribution in [2.75, 3.05) is 0 Å². The van der Waals surface area contributed by atoms with Gasteiger partial charge in [-0.25, -0.2) is 0 Å². The summed E-state index contributed by atoms with van der Waals surface area (Å²) in [5.74, 6) is 0.905. The molecule has 0 bridgehead atoms. The predicted molar refractivity (Wildman–Crippen MR) is 63.4 cm³/mol. The molecular weight excluding hydrogens is 224 g/mol. The van der Waals surface area contributed by atoms with E-state index in [4.69, 9.17) is 0 Å². The van der Waals surface area contributed by atoms with E-state index in [1.807, 2.05) is 0 Å². The van der Waals surface area contributed by atoms with Crippen LogP contribution in [0, 0.1) is 5.92 Å². The number of hydrogen-bond acceptors (Lipinski definition) is 0. The SMILES string of the molecule is CCCC(C)CC1(Br)CCCCC1. The molecular formula is C12H23Br. The van der Waals surface area contributed by atoms with Crippen molar-refractivity contribution < 1.29 is 0 Å². The minimum Gasteiger partial charge on any atom is -0.0853 e. The molecule has 1 fully saturated rings. The summed E-state index contributed by atoms with van der Waals surface area (Å²) in [5.41, 5.74) is 0. The molecule has 0 aromatic rings. The van der Waals surface area contributed by atoms with Crippen LogP contribution < -0.4 is 0 Å². The van der Waals surface area contributed by atoms with E-state index in [-0.39, 0.29) is 0 Å². The molecule has 1 aliphatic carbocycles. The Kier molecular flexibility index (Phi) is 4.78. The first-order valence-electron chi connectivity index (χ1n) is 5.85. The monoisotopic (exact) mass is 246 g/mol. The van der Waals surface area contributed by atoms with Gasteiger partial charge in [-0.05, 0) is 25.2 Å². The van der Waals surface area contributed by atoms with Crippen molar-refractivity contribution in [3.63, 3.8) is 0 Å². The Hall–Kier alpha value is 0.480. The lowest BCUT2D eigenvalue weighted by molar-refractivity contribution is 0.329. The molecule has 1 heteroatoms. The van der Waals surface area contributed by atoms with Gasteiger partial charge in [0.05, 0.1) is 0 Å². The Morgan fingerprint density at radius 2 is 1.85 bits per heavy atom. The van der Waals surface area contributed by atoms with E-state index in [0.717, 1.165) is 5.92 Å². The molecule has 0 nitrogen and oxygen atoms in total. The molecule has 1 aliphatic rings. The van der Waals surface area contributed by atoms with Crippen molar-refractivity contribution in [3.05, 3.63) is 0 Å². The Morgan fingerprint density at radius 3 is 2.38 bits per heavy atom. The maximum Gasteiger partial charge on any atom is 0.0260 e. The first-order valence-corrected chi connectivity index (χ1v) is 6.64. The Morgan fingerprint density at radius 1 is 1.23 bits per heavy atom. The maximum absolute atomic E-state index is 3.97. The fourth-order valence-electron chi connectivity index (χ4n) is 2.61. The molecule has 0 spiro atoms. The fourth-order valence-corrected chi connectivity index (χ4v) is 3.72. The third-order valence-electron chi connectivity index (χ3n) is 3.25. The van der Waals surface area contributed by atoms with Gasteiger partial charge in [0.2, 0.25) is 0 Å². The van der Waals surface area contributed by atoms with Crippen molar-refractivity contribution in [2.45, 2.75) is 69.5 Å². The average molecular weight is 247 g/mol. The van der Waals surface area contributed by atoms with Gasteiger partial charge in [-0.15, -0.1) is 0 Å². The van der Waals surface area contributed by atoms with Crippen LogP contribution in [-0.4, -0.2) is 4.32 Å². The van der Waals surface area contributed by atoms with Gasteiger partial charge in [-0.1, -0.05) is 61.9 Å². The largest absolute Gasteiger partial charge is 0.0853 e. The second kappa shape index (κ2) is 5.38. The molecule has 13 heavy (non-hydrogen) atoms. The molecule has 1 rings (SSSR count). The number of rotatable bonds is 4. The van der Waals surface area contributed by atoms with Gasteiger partial charge in [-0.3, -0.25) is 0 Å². The van der Waals surface area contributed by atoms with Crippen LogP contribution in [-0.2, 0) is 0 Å². The van der Waals surface area contributed by atoms with Crippen molar-refractivity contribution >= 4 is 15.9 Å². The van der Waals surface area contributed by atoms with E-state index in [0.29, 0.717) is 4.32 Å². The highest BCUT2D eigenvalue weighted by molar-refractivity contribution is 9.10. The lowest BCUT2D eigenvalue weighted by Crippen LogP contribution is -2.26. The Bertz CT molecular complexity index is 136. The molecule has 0 N–H and O–H groups in total. The summed E-state index contributed by atoms with van der Waals surface area (Å²) < 4.78 is 0.514. The second-order valence-electron chi connectivity index (χ2n) is 4.81. The molecule has 0 heterocycles. The van der Waals surface area contributed by atoms with Gasteiger partial charge in [0.25, 0.3) is 0 Å². The summed E-state index contributed by atoms with van der Waals surface area (Å²) >= 11 is 3.97. The maximum atomic E-state index is 3.97. The van der Waals surface area contributed by atoms with Crippen molar-refractivity contribution in [1.29, 1.82) is 0 Å². The zero-order valence-corrected chi connectivity index (χ0v) is 10.7. The van der Waals surface area contributed by atoms with Crippen molar-refractivity contribution in [2.24, 2.45) is 5.92 Å². The molecule has 0 saturated heterocycles. The zero-order valence-electron chi connectivity index (χ0n) is 9.11. The molecule has 0 aliphatic heterocycles. The van der Waals surface area contributed by atoms with Crippen LogP contribution in [0.15, 0.2) is 0 Å². The standard InChI is InChI=1S/C12H23Br/c1-3-7-11(2)10-12(13)8-5-4-6-9-12/h11H,3-10H2,1-2H3. The molecule has 0 amide bonds. The van der Waals surface area contributed by atoms with Gasteiger partial charge in [0, 0.05) is 4.32 Å². The topological polar surface area (TPSA) is 0 Å². The normalized spacial score (nSPS) is 24.2. The third kappa shape index (κ3) is 4.01. The van der Waals surface area contributed by atoms with E-state index < -0.39 is 0 Å². The predicted octanol–water partition coefficient (Wildman–Crippen LogP) is 4.91. The lowest BCUT2D eigenvalue weighted by atomic mass is 9.82. The van der Waals surface area contributed by atoms with Crippen molar-refractivity contribution in [3.8, 4) is 0 Å². The summed E-state index contributed by atoms with van der Waals surface area (Å²) in [7, 11) is 0. The second-order valence-corrected chi connectivity index (χ2v) is 6.49. The quantitative estimate of drug-likeness (QED) is 0.619. The van der Waals surface area contributed by atoms with Gasteiger partial charge in [0.1, 0.15) is 0 Å². The van der Waals surface area contributed by atoms with Crippen LogP contribution in [0.2, 0.25) is 0 Å². The molecule has 0 aromatic carbocycles. The summed E-state index contributed by atoms with van der Waals surface area (Å²) in [6.45, 7) is 4.69. The van der Waals surface area contributed by atoms with E-state index >= 15 is 0 Å². The van der Waals surface area contributed by atoms with E-state index in [1.54, 1.807) is 0 Å². The minimum absolute atomic E-state index is 0.514. The molecule has 1 atom stereocenters. The van der Waals surface area contributed by atoms with Gasteiger partial charge in [0.15, 0.2) is 0 Å². The molecule has 78 valence electrons. The van der Waals surface area contributed by atoms with E-state index in [1.165, 1.54) is 51.4 Å². The molecule has 0 aromatic heterocycles. The van der Waals surface area contributed by atoms with Crippen LogP contribution >= 0.6 is 15.9 Å². The Balaban J connectivity index is 2.31. The first kappa shape index (κ1) is 11.6. The van der Waals surface area contributed by atoms with Gasteiger partial charge < -0.3 is 0 Å². The fraction of sp³-hybridized carbons (Fsp3) is 1.00. The summed E-state index contributed by atoms with van der Waals surface area (Å²) in [6.07, 6.45) is 11.3. The van der Waals surface area contributed by atoms with Crippen LogP contribution in [0.5, 0.6) is 0 Å². The number of hydrogen-bond donors (Lipinski definition) is 0. The smallest absolute Gasteiger partial charge is 0.0260 e. The van der Waals surface area contributed by atoms with Gasteiger partial charge in [-0.2, -0.15) is 0 Å². The van der Waals surface area contributed by atoms with Crippen LogP contribution in [0.3, 0.4) is 0 Å². The minimum atomic E-state index is 0.514. The third-order valence-corrected chi connectivity index (χ3v) is 4.36. The van der Waals surface area contributed by atoms with Crippen LogP contribution in [0.1, 0.15) is 65.2 Å². The first-order chi connectivity index (χ1) is 6.16. The highest BCUT2D eigenvalue weighted by Crippen LogP contribution is 2.41. The number of alkyl halides is 1. The lowest BCUT2D eigenvalue weighted by Gasteiger charge is -2.33. The van der Waals surface area contributed by atoms with Crippen LogP contribution in [0.4, 0.5) is 0 Å². The zero-order chi connectivity index (χ0) is 9.73. The van der Waals surface area contributed by atoms with Crippen molar-refractivity contribution in [1.82, 2.24) is 0 Å². The van der Waals surface area contributed by atoms with E-state index in [9.17, 15) is 0 Å². The highest BCUT2D eigenvalue weighted by atomic mass is 79.9.